The van der Waals surface area contributed by atoms with Gasteiger partial charge >= 0.3 is 0 Å². The van der Waals surface area contributed by atoms with E-state index in [2.05, 4.69) is 15.1 Å². The number of carbonyl (C=O) groups is 1. The summed E-state index contributed by atoms with van der Waals surface area (Å²) in [5.41, 5.74) is 1.81. The summed E-state index contributed by atoms with van der Waals surface area (Å²) in [6.45, 7) is 1.80. The van der Waals surface area contributed by atoms with E-state index >= 15 is 0 Å². The first kappa shape index (κ1) is 22.8. The molecule has 0 spiro atoms. The number of hydrogen-bond acceptors (Lipinski definition) is 7. The van der Waals surface area contributed by atoms with Gasteiger partial charge in [-0.25, -0.2) is 0 Å². The average molecular weight is 454 g/mol. The van der Waals surface area contributed by atoms with Crippen LogP contribution in [-0.4, -0.2) is 62.8 Å². The molecule has 0 saturated carbocycles. The number of likely N-dealkylation sites (N-methyl/N-ethyl adjacent to an activating group) is 1. The Morgan fingerprint density at radius 3 is 2.26 bits per heavy atom. The number of hydrogen-bond donors (Lipinski definition) is 2. The van der Waals surface area contributed by atoms with Gasteiger partial charge in [-0.2, -0.15) is 22.5 Å². The molecule has 11 nitrogen and oxygen atoms in total. The molecule has 1 aromatic carbocycles. The van der Waals surface area contributed by atoms with Crippen molar-refractivity contribution in [2.75, 3.05) is 33.7 Å². The number of amides is 1. The molecule has 170 valence electrons. The molecule has 1 aromatic heterocycles. The minimum atomic E-state index is -3.87. The molecule has 2 heterocycles. The van der Waals surface area contributed by atoms with E-state index in [1.54, 1.807) is 37.0 Å². The Morgan fingerprint density at radius 2 is 1.77 bits per heavy atom. The van der Waals surface area contributed by atoms with Crippen LogP contribution in [0.25, 0.3) is 0 Å². The topological polar surface area (TPSA) is 124 Å². The molecule has 2 atom stereocenters. The minimum Gasteiger partial charge on any atom is -0.493 e. The molecule has 1 aliphatic rings. The van der Waals surface area contributed by atoms with Gasteiger partial charge in [0.15, 0.2) is 11.5 Å². The van der Waals surface area contributed by atoms with Crippen molar-refractivity contribution >= 4 is 21.8 Å². The second-order valence-electron chi connectivity index (χ2n) is 7.19. The second-order valence-corrected chi connectivity index (χ2v) is 8.95. The number of nitrogens with one attached hydrogen (secondary N) is 2. The Kier molecular flexibility index (Phi) is 6.43. The van der Waals surface area contributed by atoms with Crippen LogP contribution in [0.2, 0.25) is 0 Å². The molecule has 1 aliphatic heterocycles. The molecule has 1 fully saturated rings. The van der Waals surface area contributed by atoms with E-state index in [0.29, 0.717) is 28.6 Å². The van der Waals surface area contributed by atoms with E-state index in [1.165, 1.54) is 28.4 Å². The Bertz CT molecular complexity index is 1060. The summed E-state index contributed by atoms with van der Waals surface area (Å²) in [4.78, 5) is 13.1. The van der Waals surface area contributed by atoms with Crippen molar-refractivity contribution in [2.24, 2.45) is 7.05 Å². The smallest absolute Gasteiger partial charge is 0.280 e. The third kappa shape index (κ3) is 4.45. The molecular formula is C19H27N5O6S. The zero-order valence-electron chi connectivity index (χ0n) is 18.3. The predicted octanol–water partition coefficient (Wildman–Crippen LogP) is 0.973. The van der Waals surface area contributed by atoms with Crippen LogP contribution in [0.15, 0.2) is 18.3 Å². The third-order valence-electron chi connectivity index (χ3n) is 5.23. The molecule has 2 aromatic rings. The Morgan fingerprint density at radius 1 is 1.16 bits per heavy atom. The van der Waals surface area contributed by atoms with E-state index < -0.39 is 28.2 Å². The van der Waals surface area contributed by atoms with Crippen molar-refractivity contribution < 1.29 is 27.4 Å². The van der Waals surface area contributed by atoms with Gasteiger partial charge < -0.3 is 19.5 Å². The van der Waals surface area contributed by atoms with Crippen LogP contribution in [0.1, 0.15) is 23.7 Å². The SMILES string of the molecule is COc1cc(NC(=O)C2CC(c3cn(C)nc3C)NS(=O)(=O)N2C)cc(OC)c1OC. The second kappa shape index (κ2) is 8.73. The summed E-state index contributed by atoms with van der Waals surface area (Å²) in [5.74, 6) is 0.643. The van der Waals surface area contributed by atoms with E-state index in [0.717, 1.165) is 9.87 Å². The maximum atomic E-state index is 13.1. The Balaban J connectivity index is 1.90. The van der Waals surface area contributed by atoms with Crippen molar-refractivity contribution in [2.45, 2.75) is 25.4 Å². The van der Waals surface area contributed by atoms with Gasteiger partial charge in [-0.05, 0) is 13.3 Å². The number of carbonyl (C=O) groups excluding carboxylic acids is 1. The van der Waals surface area contributed by atoms with E-state index in [4.69, 9.17) is 14.2 Å². The number of ether oxygens (including phenoxy) is 3. The summed E-state index contributed by atoms with van der Waals surface area (Å²) < 4.78 is 46.5. The van der Waals surface area contributed by atoms with Crippen LogP contribution in [0.4, 0.5) is 5.69 Å². The number of benzene rings is 1. The normalized spacial score (nSPS) is 20.8. The van der Waals surface area contributed by atoms with Crippen molar-refractivity contribution in [3.63, 3.8) is 0 Å². The number of nitrogens with zero attached hydrogens (tertiary/aromatic N) is 3. The van der Waals surface area contributed by atoms with Crippen LogP contribution < -0.4 is 24.2 Å². The Hall–Kier alpha value is -2.83. The quantitative estimate of drug-likeness (QED) is 0.668. The standard InChI is InChI=1S/C19H27N5O6S/c1-11-13(10-23(2)21-11)14-9-15(24(3)31(26,27)22-14)19(25)20-12-7-16(28-4)18(30-6)17(8-12)29-5/h7-8,10,14-15,22H,9H2,1-6H3,(H,20,25). The predicted molar refractivity (Wildman–Crippen MR) is 114 cm³/mol. The maximum Gasteiger partial charge on any atom is 0.280 e. The highest BCUT2D eigenvalue weighted by Crippen LogP contribution is 2.40. The maximum absolute atomic E-state index is 13.1. The van der Waals surface area contributed by atoms with Crippen molar-refractivity contribution in [1.29, 1.82) is 0 Å². The van der Waals surface area contributed by atoms with Crippen LogP contribution in [-0.2, 0) is 22.1 Å². The molecule has 0 radical (unpaired) electrons. The lowest BCUT2D eigenvalue weighted by atomic mass is 10.00. The third-order valence-corrected chi connectivity index (χ3v) is 6.83. The molecule has 1 saturated heterocycles. The van der Waals surface area contributed by atoms with Gasteiger partial charge in [0.25, 0.3) is 10.2 Å². The monoisotopic (exact) mass is 453 g/mol. The lowest BCUT2D eigenvalue weighted by molar-refractivity contribution is -0.120. The molecule has 0 bridgehead atoms. The van der Waals surface area contributed by atoms with Crippen molar-refractivity contribution in [3.05, 3.63) is 29.6 Å². The van der Waals surface area contributed by atoms with Gasteiger partial charge in [-0.3, -0.25) is 9.48 Å². The summed E-state index contributed by atoms with van der Waals surface area (Å²) in [6.07, 6.45) is 1.99. The lowest BCUT2D eigenvalue weighted by Crippen LogP contribution is -2.56. The average Bonchev–Trinajstić information content (AvgIpc) is 3.06. The molecule has 0 aliphatic carbocycles. The first-order valence-corrected chi connectivity index (χ1v) is 10.9. The molecule has 31 heavy (non-hydrogen) atoms. The molecule has 1 amide bonds. The van der Waals surface area contributed by atoms with Gasteiger partial charge in [0, 0.05) is 43.7 Å². The molecule has 2 N–H and O–H groups in total. The van der Waals surface area contributed by atoms with Crippen LogP contribution in [0.5, 0.6) is 17.2 Å². The highest BCUT2D eigenvalue weighted by molar-refractivity contribution is 7.87. The van der Waals surface area contributed by atoms with E-state index in [1.807, 2.05) is 0 Å². The van der Waals surface area contributed by atoms with Gasteiger partial charge in [0.2, 0.25) is 11.7 Å². The fraction of sp³-hybridized carbons (Fsp3) is 0.474. The fourth-order valence-corrected chi connectivity index (χ4v) is 4.92. The van der Waals surface area contributed by atoms with Gasteiger partial charge in [0.05, 0.1) is 33.1 Å². The molecular weight excluding hydrogens is 426 g/mol. The highest BCUT2D eigenvalue weighted by Gasteiger charge is 2.41. The van der Waals surface area contributed by atoms with E-state index in [9.17, 15) is 13.2 Å². The number of anilines is 1. The molecule has 3 rings (SSSR count). The largest absolute Gasteiger partial charge is 0.493 e. The highest BCUT2D eigenvalue weighted by atomic mass is 32.2. The number of methoxy groups -OCH3 is 3. The summed E-state index contributed by atoms with van der Waals surface area (Å²) in [5, 5.41) is 7.04. The van der Waals surface area contributed by atoms with Crippen LogP contribution in [0.3, 0.4) is 0 Å². The first-order chi connectivity index (χ1) is 14.6. The zero-order chi connectivity index (χ0) is 22.9. The molecule has 2 unspecified atom stereocenters. The minimum absolute atomic E-state index is 0.235. The Labute approximate surface area is 181 Å². The van der Waals surface area contributed by atoms with Crippen molar-refractivity contribution in [1.82, 2.24) is 18.8 Å². The van der Waals surface area contributed by atoms with Crippen molar-refractivity contribution in [3.8, 4) is 17.2 Å². The van der Waals surface area contributed by atoms with Gasteiger partial charge in [0.1, 0.15) is 6.04 Å². The summed E-state index contributed by atoms with van der Waals surface area (Å²) in [7, 11) is 3.67. The summed E-state index contributed by atoms with van der Waals surface area (Å²) >= 11 is 0. The number of aryl methyl sites for hydroxylation is 2. The number of aromatic nitrogens is 2. The summed E-state index contributed by atoms with van der Waals surface area (Å²) in [6, 6.07) is 1.65. The fourth-order valence-electron chi connectivity index (χ4n) is 3.65. The number of rotatable bonds is 6. The van der Waals surface area contributed by atoms with Gasteiger partial charge in [-0.1, -0.05) is 0 Å². The molecule has 12 heteroatoms. The van der Waals surface area contributed by atoms with E-state index in [-0.39, 0.29) is 6.42 Å². The zero-order valence-corrected chi connectivity index (χ0v) is 19.1. The first-order valence-electron chi connectivity index (χ1n) is 9.47. The lowest BCUT2D eigenvalue weighted by Gasteiger charge is -2.36. The van der Waals surface area contributed by atoms with Gasteiger partial charge in [-0.15, -0.1) is 0 Å². The van der Waals surface area contributed by atoms with Crippen LogP contribution in [0, 0.1) is 6.92 Å². The van der Waals surface area contributed by atoms with Crippen LogP contribution >= 0.6 is 0 Å².